The summed E-state index contributed by atoms with van der Waals surface area (Å²) < 4.78 is 16.4. The van der Waals surface area contributed by atoms with Crippen LogP contribution in [-0.2, 0) is 13.8 Å². The molecule has 23 heavy (non-hydrogen) atoms. The Balaban J connectivity index is 1.70. The van der Waals surface area contributed by atoms with Crippen molar-refractivity contribution in [1.82, 2.24) is 19.5 Å². The Morgan fingerprint density at radius 2 is 2.04 bits per heavy atom. The van der Waals surface area contributed by atoms with Crippen molar-refractivity contribution in [2.75, 3.05) is 12.3 Å². The average Bonchev–Trinajstić information content (AvgIpc) is 3.01. The molecular formula is C10H14N5O7P. The average molecular weight is 347 g/mol. The van der Waals surface area contributed by atoms with Crippen molar-refractivity contribution in [1.29, 1.82) is 0 Å². The van der Waals surface area contributed by atoms with Crippen LogP contribution >= 0.6 is 7.74 Å². The van der Waals surface area contributed by atoms with Crippen LogP contribution in [0.4, 0.5) is 5.82 Å². The first-order valence-electron chi connectivity index (χ1n) is 6.60. The molecule has 2 saturated heterocycles. The SMILES string of the molecule is Nc1ncnc2c1ncn2[C@@H]1O[C@@H]2COP(O)(O)(O)O[C@H]2[C@H]1O. The second-order valence-electron chi connectivity index (χ2n) is 5.34. The van der Waals surface area contributed by atoms with E-state index in [9.17, 15) is 19.8 Å². The van der Waals surface area contributed by atoms with E-state index in [4.69, 9.17) is 15.0 Å². The zero-order valence-electron chi connectivity index (χ0n) is 11.5. The summed E-state index contributed by atoms with van der Waals surface area (Å²) in [6.07, 6.45) is -1.72. The van der Waals surface area contributed by atoms with Crippen LogP contribution in [0.2, 0.25) is 0 Å². The molecule has 126 valence electrons. The number of rotatable bonds is 1. The van der Waals surface area contributed by atoms with Gasteiger partial charge in [0.05, 0.1) is 0 Å². The first-order chi connectivity index (χ1) is 10.7. The zero-order chi connectivity index (χ0) is 16.4. The Kier molecular flexibility index (Phi) is 2.96. The van der Waals surface area contributed by atoms with E-state index >= 15 is 0 Å². The predicted molar refractivity (Wildman–Crippen MR) is 74.1 cm³/mol. The van der Waals surface area contributed by atoms with Gasteiger partial charge in [-0.25, -0.2) is 0 Å². The number of aliphatic hydroxyl groups excluding tert-OH is 1. The number of hydrogen-bond donors (Lipinski definition) is 5. The van der Waals surface area contributed by atoms with E-state index in [1.165, 1.54) is 17.2 Å². The van der Waals surface area contributed by atoms with Gasteiger partial charge in [0, 0.05) is 0 Å². The number of anilines is 1. The summed E-state index contributed by atoms with van der Waals surface area (Å²) >= 11 is 0. The van der Waals surface area contributed by atoms with Crippen LogP contribution in [0.1, 0.15) is 6.23 Å². The number of aliphatic hydroxyl groups is 1. The third-order valence-corrected chi connectivity index (χ3v) is 4.95. The Hall–Kier alpha value is -1.50. The van der Waals surface area contributed by atoms with Gasteiger partial charge >= 0.3 is 127 Å². The van der Waals surface area contributed by atoms with E-state index in [0.717, 1.165) is 0 Å². The minimum atomic E-state index is -5.68. The van der Waals surface area contributed by atoms with Gasteiger partial charge in [0.25, 0.3) is 0 Å². The first kappa shape index (κ1) is 15.1. The summed E-state index contributed by atoms with van der Waals surface area (Å²) in [6, 6.07) is 0. The number of nitrogen functional groups attached to an aromatic ring is 1. The summed E-state index contributed by atoms with van der Waals surface area (Å²) in [5.41, 5.74) is 6.37. The zero-order valence-corrected chi connectivity index (χ0v) is 12.4. The fourth-order valence-corrected chi connectivity index (χ4v) is 3.87. The van der Waals surface area contributed by atoms with Gasteiger partial charge in [-0.2, -0.15) is 0 Å². The van der Waals surface area contributed by atoms with Gasteiger partial charge in [-0.3, -0.25) is 0 Å². The normalized spacial score (nSPS) is 37.1. The second kappa shape index (κ2) is 4.53. The molecule has 4 heterocycles. The fourth-order valence-electron chi connectivity index (χ4n) is 2.72. The number of nitrogens with two attached hydrogens (primary N) is 1. The molecule has 0 radical (unpaired) electrons. The second-order valence-corrected chi connectivity index (χ2v) is 7.47. The predicted octanol–water partition coefficient (Wildman–Crippen LogP) is -1.81. The van der Waals surface area contributed by atoms with Crippen LogP contribution in [0.5, 0.6) is 0 Å². The fraction of sp³-hybridized carbons (Fsp3) is 0.500. The van der Waals surface area contributed by atoms with Gasteiger partial charge in [-0.15, -0.1) is 0 Å². The van der Waals surface area contributed by atoms with Crippen molar-refractivity contribution in [3.63, 3.8) is 0 Å². The summed E-state index contributed by atoms with van der Waals surface area (Å²) in [7, 11) is -5.68. The van der Waals surface area contributed by atoms with E-state index in [0.29, 0.717) is 11.2 Å². The third-order valence-electron chi connectivity index (χ3n) is 3.74. The van der Waals surface area contributed by atoms with Gasteiger partial charge in [-0.05, 0) is 0 Å². The van der Waals surface area contributed by atoms with Gasteiger partial charge in [0.15, 0.2) is 0 Å². The molecule has 0 amide bonds. The van der Waals surface area contributed by atoms with Crippen molar-refractivity contribution in [2.24, 2.45) is 0 Å². The summed E-state index contributed by atoms with van der Waals surface area (Å²) in [5.74, 6) is 0.171. The molecule has 4 rings (SSSR count). The molecule has 6 N–H and O–H groups in total. The quantitative estimate of drug-likeness (QED) is 0.367. The molecule has 12 nitrogen and oxygen atoms in total. The van der Waals surface area contributed by atoms with Crippen LogP contribution in [0.3, 0.4) is 0 Å². The summed E-state index contributed by atoms with van der Waals surface area (Å²) in [5, 5.41) is 10.4. The maximum atomic E-state index is 10.4. The van der Waals surface area contributed by atoms with Gasteiger partial charge in [0.1, 0.15) is 0 Å². The molecule has 2 aliphatic heterocycles. The number of fused-ring (bicyclic) bond motifs is 2. The van der Waals surface area contributed by atoms with Gasteiger partial charge in [-0.1, -0.05) is 0 Å². The molecule has 0 aliphatic carbocycles. The Morgan fingerprint density at radius 3 is 2.83 bits per heavy atom. The third kappa shape index (κ3) is 2.36. The molecule has 0 saturated carbocycles. The van der Waals surface area contributed by atoms with Crippen molar-refractivity contribution in [2.45, 2.75) is 24.5 Å². The molecule has 13 heteroatoms. The van der Waals surface area contributed by atoms with E-state index in [2.05, 4.69) is 19.5 Å². The number of imidazole rings is 1. The number of nitrogens with zero attached hydrogens (tertiary/aromatic N) is 4. The molecular weight excluding hydrogens is 333 g/mol. The van der Waals surface area contributed by atoms with Crippen LogP contribution in [-0.4, -0.2) is 64.2 Å². The van der Waals surface area contributed by atoms with Crippen LogP contribution < -0.4 is 5.73 Å². The number of hydrogen-bond acceptors (Lipinski definition) is 11. The summed E-state index contributed by atoms with van der Waals surface area (Å²) in [6.45, 7) is -0.358. The first-order valence-corrected chi connectivity index (χ1v) is 8.53. The van der Waals surface area contributed by atoms with E-state index in [1.54, 1.807) is 0 Å². The molecule has 0 spiro atoms. The Morgan fingerprint density at radius 1 is 1.26 bits per heavy atom. The van der Waals surface area contributed by atoms with E-state index < -0.39 is 32.3 Å². The Bertz CT molecular complexity index is 776. The van der Waals surface area contributed by atoms with E-state index in [-0.39, 0.29) is 12.4 Å². The van der Waals surface area contributed by atoms with Gasteiger partial charge < -0.3 is 0 Å². The van der Waals surface area contributed by atoms with Crippen LogP contribution in [0.15, 0.2) is 12.7 Å². The molecule has 2 aromatic heterocycles. The molecule has 4 atom stereocenters. The molecule has 2 fully saturated rings. The number of aromatic nitrogens is 4. The summed E-state index contributed by atoms with van der Waals surface area (Å²) in [4.78, 5) is 40.4. The molecule has 0 bridgehead atoms. The van der Waals surface area contributed by atoms with Crippen molar-refractivity contribution >= 4 is 24.7 Å². The molecule has 0 unspecified atom stereocenters. The van der Waals surface area contributed by atoms with Crippen molar-refractivity contribution in [3.8, 4) is 0 Å². The van der Waals surface area contributed by atoms with Crippen molar-refractivity contribution in [3.05, 3.63) is 12.7 Å². The van der Waals surface area contributed by atoms with E-state index in [1.807, 2.05) is 0 Å². The molecule has 0 aromatic carbocycles. The molecule has 2 aromatic rings. The van der Waals surface area contributed by atoms with Crippen LogP contribution in [0.25, 0.3) is 11.2 Å². The monoisotopic (exact) mass is 347 g/mol. The molecule has 2 aliphatic rings. The standard InChI is InChI=1S/C10H14N5O7P/c11-8-5-9(13-2-12-8)15(3-14-5)10-6(16)7-4(21-10)1-20-23(17,18,19)22-7/h2-4,6-7,10,16-19H,1H2,(H2,11,12,13)/t4-,6-,7-,10-/m1/s1. The minimum absolute atomic E-state index is 0.171. The number of ether oxygens (including phenoxy) is 1. The van der Waals surface area contributed by atoms with Gasteiger partial charge in [0.2, 0.25) is 0 Å². The maximum absolute atomic E-state index is 10.4. The van der Waals surface area contributed by atoms with Crippen molar-refractivity contribution < 1.29 is 33.6 Å². The topological polar surface area (TPSA) is 178 Å². The van der Waals surface area contributed by atoms with Crippen LogP contribution in [0, 0.1) is 0 Å². The Labute approximate surface area is 128 Å².